The Labute approximate surface area is 166 Å². The van der Waals surface area contributed by atoms with Gasteiger partial charge >= 0.3 is 0 Å². The third-order valence-corrected chi connectivity index (χ3v) is 5.22. The van der Waals surface area contributed by atoms with Crippen molar-refractivity contribution in [2.24, 2.45) is 0 Å². The molecule has 2 aromatic carbocycles. The summed E-state index contributed by atoms with van der Waals surface area (Å²) in [6.45, 7) is 6.56. The zero-order chi connectivity index (χ0) is 19.3. The van der Waals surface area contributed by atoms with Gasteiger partial charge in [0, 0.05) is 38.6 Å². The highest BCUT2D eigenvalue weighted by molar-refractivity contribution is 5.79. The summed E-state index contributed by atoms with van der Waals surface area (Å²) in [4.78, 5) is 16.8. The standard InChI is InChI=1S/C23H26N4O/c1-19-3-5-21(6-4-19)16-26-14-13-25(18-23(26)28)15-20-7-9-22(10-8-20)17-27-12-2-11-24-27/h2-12H,13-18H2,1H3. The van der Waals surface area contributed by atoms with Crippen LogP contribution in [0, 0.1) is 6.92 Å². The predicted octanol–water partition coefficient (Wildman–Crippen LogP) is 3.08. The molecule has 0 spiro atoms. The van der Waals surface area contributed by atoms with E-state index in [1.807, 2.05) is 21.8 Å². The summed E-state index contributed by atoms with van der Waals surface area (Å²) in [6, 6.07) is 19.0. The van der Waals surface area contributed by atoms with E-state index in [-0.39, 0.29) is 5.91 Å². The molecule has 28 heavy (non-hydrogen) atoms. The van der Waals surface area contributed by atoms with Gasteiger partial charge in [-0.1, -0.05) is 54.1 Å². The molecule has 3 aromatic rings. The molecule has 1 amide bonds. The van der Waals surface area contributed by atoms with Gasteiger partial charge in [0.15, 0.2) is 0 Å². The van der Waals surface area contributed by atoms with Crippen LogP contribution >= 0.6 is 0 Å². The molecule has 5 nitrogen and oxygen atoms in total. The molecule has 0 saturated carbocycles. The fourth-order valence-electron chi connectivity index (χ4n) is 3.56. The number of carbonyl (C=O) groups is 1. The highest BCUT2D eigenvalue weighted by atomic mass is 16.2. The molecule has 0 N–H and O–H groups in total. The van der Waals surface area contributed by atoms with Crippen molar-refractivity contribution < 1.29 is 4.79 Å². The van der Waals surface area contributed by atoms with Crippen LogP contribution in [0.15, 0.2) is 67.0 Å². The Hall–Kier alpha value is -2.92. The second-order valence-electron chi connectivity index (χ2n) is 7.53. The molecule has 0 radical (unpaired) electrons. The van der Waals surface area contributed by atoms with Crippen LogP contribution in [0.1, 0.15) is 22.3 Å². The van der Waals surface area contributed by atoms with Crippen LogP contribution in [0.2, 0.25) is 0 Å². The van der Waals surface area contributed by atoms with Crippen molar-refractivity contribution in [1.82, 2.24) is 19.6 Å². The first kappa shape index (κ1) is 18.4. The van der Waals surface area contributed by atoms with Gasteiger partial charge in [-0.05, 0) is 29.7 Å². The Morgan fingerprint density at radius 3 is 2.14 bits per heavy atom. The second-order valence-corrected chi connectivity index (χ2v) is 7.53. The van der Waals surface area contributed by atoms with Gasteiger partial charge < -0.3 is 4.90 Å². The third-order valence-electron chi connectivity index (χ3n) is 5.22. The van der Waals surface area contributed by atoms with Gasteiger partial charge in [0.05, 0.1) is 13.1 Å². The van der Waals surface area contributed by atoms with Gasteiger partial charge in [-0.15, -0.1) is 0 Å². The number of piperazine rings is 1. The molecule has 1 aliphatic heterocycles. The van der Waals surface area contributed by atoms with E-state index in [4.69, 9.17) is 0 Å². The molecule has 1 aliphatic rings. The number of aryl methyl sites for hydroxylation is 1. The minimum Gasteiger partial charge on any atom is -0.336 e. The van der Waals surface area contributed by atoms with Crippen molar-refractivity contribution in [2.75, 3.05) is 19.6 Å². The lowest BCUT2D eigenvalue weighted by atomic mass is 10.1. The number of carbonyl (C=O) groups excluding carboxylic acids is 1. The van der Waals surface area contributed by atoms with E-state index in [1.165, 1.54) is 22.3 Å². The molecule has 0 atom stereocenters. The maximum atomic E-state index is 12.6. The number of aromatic nitrogens is 2. The van der Waals surface area contributed by atoms with Crippen LogP contribution < -0.4 is 0 Å². The van der Waals surface area contributed by atoms with E-state index < -0.39 is 0 Å². The average molecular weight is 374 g/mol. The van der Waals surface area contributed by atoms with Crippen LogP contribution in [0.4, 0.5) is 0 Å². The quantitative estimate of drug-likeness (QED) is 0.666. The van der Waals surface area contributed by atoms with Crippen molar-refractivity contribution >= 4 is 5.91 Å². The summed E-state index contributed by atoms with van der Waals surface area (Å²) in [5, 5.41) is 4.24. The van der Waals surface area contributed by atoms with Crippen LogP contribution in [0.3, 0.4) is 0 Å². The number of amides is 1. The fraction of sp³-hybridized carbons (Fsp3) is 0.304. The van der Waals surface area contributed by atoms with Crippen molar-refractivity contribution in [2.45, 2.75) is 26.6 Å². The van der Waals surface area contributed by atoms with E-state index in [2.05, 4.69) is 65.5 Å². The van der Waals surface area contributed by atoms with Crippen LogP contribution in [0.25, 0.3) is 0 Å². The normalized spacial score (nSPS) is 15.2. The molecule has 0 bridgehead atoms. The van der Waals surface area contributed by atoms with Crippen LogP contribution in [0.5, 0.6) is 0 Å². The topological polar surface area (TPSA) is 41.4 Å². The molecule has 1 fully saturated rings. The third kappa shape index (κ3) is 4.67. The van der Waals surface area contributed by atoms with E-state index in [9.17, 15) is 4.79 Å². The Morgan fingerprint density at radius 2 is 1.50 bits per heavy atom. The van der Waals surface area contributed by atoms with E-state index in [0.29, 0.717) is 13.1 Å². The summed E-state index contributed by atoms with van der Waals surface area (Å²) in [6.07, 6.45) is 3.76. The van der Waals surface area contributed by atoms with Crippen LogP contribution in [-0.4, -0.2) is 45.1 Å². The average Bonchev–Trinajstić information content (AvgIpc) is 3.20. The van der Waals surface area contributed by atoms with Gasteiger partial charge in [0.25, 0.3) is 0 Å². The lowest BCUT2D eigenvalue weighted by Crippen LogP contribution is -2.49. The van der Waals surface area contributed by atoms with Crippen molar-refractivity contribution in [1.29, 1.82) is 0 Å². The van der Waals surface area contributed by atoms with Crippen molar-refractivity contribution in [3.8, 4) is 0 Å². The fourth-order valence-corrected chi connectivity index (χ4v) is 3.56. The highest BCUT2D eigenvalue weighted by Crippen LogP contribution is 2.14. The van der Waals surface area contributed by atoms with Crippen molar-refractivity contribution in [3.63, 3.8) is 0 Å². The molecular weight excluding hydrogens is 348 g/mol. The molecule has 4 rings (SSSR count). The van der Waals surface area contributed by atoms with Crippen molar-refractivity contribution in [3.05, 3.63) is 89.2 Å². The first-order chi connectivity index (χ1) is 13.7. The predicted molar refractivity (Wildman–Crippen MR) is 110 cm³/mol. The summed E-state index contributed by atoms with van der Waals surface area (Å²) >= 11 is 0. The zero-order valence-electron chi connectivity index (χ0n) is 16.3. The van der Waals surface area contributed by atoms with Crippen LogP contribution in [-0.2, 0) is 24.4 Å². The number of rotatable bonds is 6. The van der Waals surface area contributed by atoms with E-state index in [1.54, 1.807) is 6.20 Å². The molecule has 144 valence electrons. The first-order valence-corrected chi connectivity index (χ1v) is 9.77. The number of nitrogens with zero attached hydrogens (tertiary/aromatic N) is 4. The summed E-state index contributed by atoms with van der Waals surface area (Å²) in [5.41, 5.74) is 4.91. The smallest absolute Gasteiger partial charge is 0.237 e. The van der Waals surface area contributed by atoms with E-state index >= 15 is 0 Å². The minimum absolute atomic E-state index is 0.210. The highest BCUT2D eigenvalue weighted by Gasteiger charge is 2.23. The van der Waals surface area contributed by atoms with Gasteiger partial charge in [-0.25, -0.2) is 0 Å². The SMILES string of the molecule is Cc1ccc(CN2CCN(Cc3ccc(Cn4cccn4)cc3)CC2=O)cc1. The maximum absolute atomic E-state index is 12.6. The van der Waals surface area contributed by atoms with Gasteiger partial charge in [0.2, 0.25) is 5.91 Å². The molecule has 1 saturated heterocycles. The van der Waals surface area contributed by atoms with Gasteiger partial charge in [0.1, 0.15) is 0 Å². The monoisotopic (exact) mass is 374 g/mol. The summed E-state index contributed by atoms with van der Waals surface area (Å²) in [5.74, 6) is 0.210. The lowest BCUT2D eigenvalue weighted by molar-refractivity contribution is -0.136. The largest absolute Gasteiger partial charge is 0.336 e. The maximum Gasteiger partial charge on any atom is 0.237 e. The number of hydrogen-bond acceptors (Lipinski definition) is 3. The Kier molecular flexibility index (Phi) is 5.53. The minimum atomic E-state index is 0.210. The molecule has 1 aromatic heterocycles. The summed E-state index contributed by atoms with van der Waals surface area (Å²) < 4.78 is 1.92. The van der Waals surface area contributed by atoms with E-state index in [0.717, 1.165) is 26.2 Å². The van der Waals surface area contributed by atoms with Gasteiger partial charge in [-0.2, -0.15) is 5.10 Å². The molecular formula is C23H26N4O. The molecule has 5 heteroatoms. The first-order valence-electron chi connectivity index (χ1n) is 9.77. The Balaban J connectivity index is 1.29. The zero-order valence-corrected chi connectivity index (χ0v) is 16.3. The Bertz CT molecular complexity index is 901. The Morgan fingerprint density at radius 1 is 0.857 bits per heavy atom. The number of hydrogen-bond donors (Lipinski definition) is 0. The molecule has 2 heterocycles. The lowest BCUT2D eigenvalue weighted by Gasteiger charge is -2.34. The summed E-state index contributed by atoms with van der Waals surface area (Å²) in [7, 11) is 0. The molecule has 0 unspecified atom stereocenters. The molecule has 0 aliphatic carbocycles. The second kappa shape index (κ2) is 8.40. The number of benzene rings is 2. The van der Waals surface area contributed by atoms with Gasteiger partial charge in [-0.3, -0.25) is 14.4 Å².